The maximum atomic E-state index is 12.5. The molecule has 7 heteroatoms. The number of hydrogen-bond donors (Lipinski definition) is 4. The molecule has 0 saturated carbocycles. The lowest BCUT2D eigenvalue weighted by Gasteiger charge is -2.11. The number of hydrogen-bond acceptors (Lipinski definition) is 3. The van der Waals surface area contributed by atoms with Crippen molar-refractivity contribution < 1.29 is 14.4 Å². The van der Waals surface area contributed by atoms with Gasteiger partial charge in [0.2, 0.25) is 5.91 Å². The van der Waals surface area contributed by atoms with Crippen LogP contribution in [0.15, 0.2) is 42.5 Å². The first-order valence-electron chi connectivity index (χ1n) is 8.32. The molecule has 0 aliphatic carbocycles. The summed E-state index contributed by atoms with van der Waals surface area (Å²) in [6.07, 6.45) is 0.309. The molecular weight excluding hydrogens is 332 g/mol. The van der Waals surface area contributed by atoms with E-state index >= 15 is 0 Å². The van der Waals surface area contributed by atoms with Crippen LogP contribution in [-0.2, 0) is 11.2 Å². The van der Waals surface area contributed by atoms with E-state index in [2.05, 4.69) is 21.3 Å². The Labute approximate surface area is 151 Å². The van der Waals surface area contributed by atoms with E-state index in [9.17, 15) is 14.4 Å². The third-order valence-corrected chi connectivity index (χ3v) is 3.79. The molecule has 3 rings (SSSR count). The van der Waals surface area contributed by atoms with Crippen LogP contribution in [0.4, 0.5) is 21.9 Å². The zero-order chi connectivity index (χ0) is 18.7. The van der Waals surface area contributed by atoms with Gasteiger partial charge in [-0.25, -0.2) is 4.79 Å². The van der Waals surface area contributed by atoms with E-state index in [1.165, 1.54) is 0 Å². The highest BCUT2D eigenvalue weighted by Crippen LogP contribution is 2.26. The fourth-order valence-electron chi connectivity index (χ4n) is 2.68. The number of nitrogens with one attached hydrogen (secondary N) is 4. The van der Waals surface area contributed by atoms with Gasteiger partial charge in [-0.1, -0.05) is 6.07 Å². The molecule has 0 radical (unpaired) electrons. The van der Waals surface area contributed by atoms with Gasteiger partial charge in [0.05, 0.1) is 6.42 Å². The van der Waals surface area contributed by atoms with Crippen LogP contribution >= 0.6 is 0 Å². The molecule has 0 spiro atoms. The van der Waals surface area contributed by atoms with Crippen LogP contribution in [0.25, 0.3) is 0 Å². The molecule has 4 N–H and O–H groups in total. The van der Waals surface area contributed by atoms with E-state index in [0.29, 0.717) is 23.4 Å². The second kappa shape index (κ2) is 7.26. The highest BCUT2D eigenvalue weighted by atomic mass is 16.2. The molecule has 1 aliphatic heterocycles. The van der Waals surface area contributed by atoms with E-state index in [1.807, 2.05) is 13.8 Å². The van der Waals surface area contributed by atoms with Crippen LogP contribution in [-0.4, -0.2) is 23.9 Å². The van der Waals surface area contributed by atoms with E-state index < -0.39 is 0 Å². The van der Waals surface area contributed by atoms with Crippen molar-refractivity contribution >= 4 is 34.9 Å². The molecule has 7 nitrogen and oxygen atoms in total. The highest BCUT2D eigenvalue weighted by Gasteiger charge is 2.18. The predicted molar refractivity (Wildman–Crippen MR) is 100 cm³/mol. The Morgan fingerprint density at radius 1 is 1.04 bits per heavy atom. The van der Waals surface area contributed by atoms with Crippen LogP contribution < -0.4 is 21.3 Å². The summed E-state index contributed by atoms with van der Waals surface area (Å²) in [6, 6.07) is 11.7. The fourth-order valence-corrected chi connectivity index (χ4v) is 2.68. The van der Waals surface area contributed by atoms with Crippen molar-refractivity contribution in [2.45, 2.75) is 26.3 Å². The zero-order valence-electron chi connectivity index (χ0n) is 14.6. The first-order valence-corrected chi connectivity index (χ1v) is 8.32. The number of anilines is 3. The number of carbonyl (C=O) groups is 3. The molecule has 0 bridgehead atoms. The van der Waals surface area contributed by atoms with Crippen molar-refractivity contribution in [1.29, 1.82) is 0 Å². The Kier molecular flexibility index (Phi) is 4.88. The smallest absolute Gasteiger partial charge is 0.319 e. The van der Waals surface area contributed by atoms with Crippen LogP contribution in [0.3, 0.4) is 0 Å². The second-order valence-electron chi connectivity index (χ2n) is 6.38. The zero-order valence-corrected chi connectivity index (χ0v) is 14.6. The number of carbonyl (C=O) groups excluding carboxylic acids is 3. The highest BCUT2D eigenvalue weighted by molar-refractivity contribution is 6.06. The first kappa shape index (κ1) is 17.5. The van der Waals surface area contributed by atoms with E-state index in [-0.39, 0.29) is 23.9 Å². The lowest BCUT2D eigenvalue weighted by atomic mass is 10.1. The van der Waals surface area contributed by atoms with Crippen LogP contribution in [0.5, 0.6) is 0 Å². The predicted octanol–water partition coefficient (Wildman–Crippen LogP) is 2.96. The van der Waals surface area contributed by atoms with Gasteiger partial charge in [0.25, 0.3) is 5.91 Å². The van der Waals surface area contributed by atoms with Gasteiger partial charge in [-0.05, 0) is 55.8 Å². The Hall–Kier alpha value is -3.35. The first-order chi connectivity index (χ1) is 12.4. The summed E-state index contributed by atoms with van der Waals surface area (Å²) in [5, 5.41) is 11.0. The largest absolute Gasteiger partial charge is 0.336 e. The Balaban J connectivity index is 1.69. The molecule has 0 aromatic heterocycles. The lowest BCUT2D eigenvalue weighted by Crippen LogP contribution is -2.34. The molecule has 1 heterocycles. The summed E-state index contributed by atoms with van der Waals surface area (Å²) in [4.78, 5) is 35.7. The minimum Gasteiger partial charge on any atom is -0.336 e. The van der Waals surface area contributed by atoms with Crippen molar-refractivity contribution in [3.8, 4) is 0 Å². The maximum Gasteiger partial charge on any atom is 0.319 e. The number of fused-ring (bicyclic) bond motifs is 1. The summed E-state index contributed by atoms with van der Waals surface area (Å²) >= 11 is 0. The second-order valence-corrected chi connectivity index (χ2v) is 6.38. The molecule has 0 fully saturated rings. The summed E-state index contributed by atoms with van der Waals surface area (Å²) in [5.41, 5.74) is 3.19. The van der Waals surface area contributed by atoms with Gasteiger partial charge in [-0.3, -0.25) is 9.59 Å². The normalized spacial score (nSPS) is 12.3. The van der Waals surface area contributed by atoms with Gasteiger partial charge in [0, 0.05) is 28.7 Å². The average Bonchev–Trinajstić information content (AvgIpc) is 2.93. The van der Waals surface area contributed by atoms with Crippen molar-refractivity contribution in [3.63, 3.8) is 0 Å². The molecular formula is C19H20N4O3. The third kappa shape index (κ3) is 4.18. The third-order valence-electron chi connectivity index (χ3n) is 3.79. The van der Waals surface area contributed by atoms with Gasteiger partial charge < -0.3 is 21.3 Å². The summed E-state index contributed by atoms with van der Waals surface area (Å²) < 4.78 is 0. The number of rotatable bonds is 4. The van der Waals surface area contributed by atoms with E-state index in [4.69, 9.17) is 0 Å². The number of amides is 4. The van der Waals surface area contributed by atoms with Crippen molar-refractivity contribution in [2.75, 3.05) is 16.0 Å². The van der Waals surface area contributed by atoms with Crippen molar-refractivity contribution in [3.05, 3.63) is 53.6 Å². The Bertz CT molecular complexity index is 877. The standard InChI is InChI=1S/C19H20N4O3/c1-11(2)20-19(26)22-14-5-3-4-12(8-14)18(25)21-15-6-7-16-13(9-15)10-17(24)23-16/h3-9,11H,10H2,1-2H3,(H,21,25)(H,23,24)(H2,20,22,26). The van der Waals surface area contributed by atoms with Crippen LogP contribution in [0.1, 0.15) is 29.8 Å². The van der Waals surface area contributed by atoms with Gasteiger partial charge in [0.1, 0.15) is 0 Å². The maximum absolute atomic E-state index is 12.5. The van der Waals surface area contributed by atoms with Gasteiger partial charge in [-0.2, -0.15) is 0 Å². The summed E-state index contributed by atoms with van der Waals surface area (Å²) in [7, 11) is 0. The van der Waals surface area contributed by atoms with Crippen LogP contribution in [0, 0.1) is 0 Å². The fraction of sp³-hybridized carbons (Fsp3) is 0.211. The lowest BCUT2D eigenvalue weighted by molar-refractivity contribution is -0.115. The topological polar surface area (TPSA) is 99.3 Å². The minimum atomic E-state index is -0.326. The molecule has 0 unspecified atom stereocenters. The monoisotopic (exact) mass is 352 g/mol. The average molecular weight is 352 g/mol. The molecule has 26 heavy (non-hydrogen) atoms. The molecule has 4 amide bonds. The van der Waals surface area contributed by atoms with Gasteiger partial charge in [-0.15, -0.1) is 0 Å². The molecule has 0 saturated heterocycles. The van der Waals surface area contributed by atoms with Gasteiger partial charge in [0.15, 0.2) is 0 Å². The molecule has 2 aromatic carbocycles. The Morgan fingerprint density at radius 3 is 2.58 bits per heavy atom. The van der Waals surface area contributed by atoms with E-state index in [1.54, 1.807) is 42.5 Å². The van der Waals surface area contributed by atoms with Crippen molar-refractivity contribution in [2.24, 2.45) is 0 Å². The number of benzene rings is 2. The molecule has 2 aromatic rings. The molecule has 134 valence electrons. The summed E-state index contributed by atoms with van der Waals surface area (Å²) in [5.74, 6) is -0.350. The molecule has 1 aliphatic rings. The van der Waals surface area contributed by atoms with Crippen molar-refractivity contribution in [1.82, 2.24) is 5.32 Å². The number of urea groups is 1. The van der Waals surface area contributed by atoms with Crippen LogP contribution in [0.2, 0.25) is 0 Å². The quantitative estimate of drug-likeness (QED) is 0.681. The Morgan fingerprint density at radius 2 is 1.81 bits per heavy atom. The minimum absolute atomic E-state index is 0.0164. The molecule has 0 atom stereocenters. The summed E-state index contributed by atoms with van der Waals surface area (Å²) in [6.45, 7) is 3.73. The SMILES string of the molecule is CC(C)NC(=O)Nc1cccc(C(=O)Nc2ccc3c(c2)CC(=O)N3)c1. The van der Waals surface area contributed by atoms with E-state index in [0.717, 1.165) is 11.3 Å². The van der Waals surface area contributed by atoms with Gasteiger partial charge >= 0.3 is 6.03 Å².